The fourth-order valence-electron chi connectivity index (χ4n) is 5.93. The molecular weight excluding hydrogens is 641 g/mol. The molecule has 0 saturated carbocycles. The van der Waals surface area contributed by atoms with E-state index in [9.17, 15) is 19.0 Å². The molecule has 49 heavy (non-hydrogen) atoms. The van der Waals surface area contributed by atoms with E-state index in [0.717, 1.165) is 32.1 Å². The molecular formula is C39H78NO8P. The van der Waals surface area contributed by atoms with Crippen LogP contribution in [0.1, 0.15) is 206 Å². The third kappa shape index (κ3) is 36.6. The molecule has 9 nitrogen and oxygen atoms in total. The Labute approximate surface area is 301 Å². The largest absolute Gasteiger partial charge is 0.472 e. The van der Waals surface area contributed by atoms with E-state index in [-0.39, 0.29) is 38.6 Å². The summed E-state index contributed by atoms with van der Waals surface area (Å²) >= 11 is 0. The van der Waals surface area contributed by atoms with Gasteiger partial charge in [0.05, 0.1) is 13.2 Å². The zero-order valence-electron chi connectivity index (χ0n) is 31.9. The van der Waals surface area contributed by atoms with Gasteiger partial charge in [-0.25, -0.2) is 4.57 Å². The third-order valence-electron chi connectivity index (χ3n) is 8.99. The number of carbonyl (C=O) groups excluding carboxylic acids is 2. The Hall–Kier alpha value is -0.990. The van der Waals surface area contributed by atoms with E-state index in [1.54, 1.807) is 0 Å². The molecule has 0 aromatic carbocycles. The summed E-state index contributed by atoms with van der Waals surface area (Å²) in [6, 6.07) is 0. The van der Waals surface area contributed by atoms with E-state index < -0.39 is 26.5 Å². The molecule has 0 amide bonds. The minimum atomic E-state index is -4.36. The highest BCUT2D eigenvalue weighted by atomic mass is 31.2. The summed E-state index contributed by atoms with van der Waals surface area (Å²) in [5, 5.41) is 0. The van der Waals surface area contributed by atoms with Crippen LogP contribution in [-0.4, -0.2) is 49.3 Å². The van der Waals surface area contributed by atoms with Crippen molar-refractivity contribution in [1.82, 2.24) is 0 Å². The Morgan fingerprint density at radius 2 is 0.878 bits per heavy atom. The van der Waals surface area contributed by atoms with Crippen LogP contribution in [0.15, 0.2) is 0 Å². The van der Waals surface area contributed by atoms with Gasteiger partial charge in [-0.2, -0.15) is 0 Å². The van der Waals surface area contributed by atoms with E-state index in [4.69, 9.17) is 24.3 Å². The SMILES string of the molecule is CCCCCCCCCCCCCCCCCCCCC(=O)OC(COC(=O)CCCCCCCCCCCC)COP(=O)(O)OCCN. The number of carbonyl (C=O) groups is 2. The Morgan fingerprint density at radius 1 is 0.531 bits per heavy atom. The van der Waals surface area contributed by atoms with E-state index in [2.05, 4.69) is 13.8 Å². The molecule has 292 valence electrons. The van der Waals surface area contributed by atoms with Gasteiger partial charge >= 0.3 is 19.8 Å². The first-order valence-corrected chi connectivity index (χ1v) is 22.0. The van der Waals surface area contributed by atoms with E-state index in [1.807, 2.05) is 0 Å². The van der Waals surface area contributed by atoms with Gasteiger partial charge in [-0.1, -0.05) is 181 Å². The van der Waals surface area contributed by atoms with Crippen molar-refractivity contribution in [2.75, 3.05) is 26.4 Å². The predicted octanol–water partition coefficient (Wildman–Crippen LogP) is 11.3. The second-order valence-corrected chi connectivity index (χ2v) is 15.3. The maximum atomic E-state index is 12.5. The number of hydrogen-bond donors (Lipinski definition) is 2. The van der Waals surface area contributed by atoms with Gasteiger partial charge < -0.3 is 20.1 Å². The van der Waals surface area contributed by atoms with E-state index in [0.29, 0.717) is 6.42 Å². The number of unbranched alkanes of at least 4 members (excludes halogenated alkanes) is 26. The van der Waals surface area contributed by atoms with Crippen LogP contribution in [0.5, 0.6) is 0 Å². The zero-order chi connectivity index (χ0) is 36.1. The Bertz CT molecular complexity index is 784. The van der Waals surface area contributed by atoms with Crippen molar-refractivity contribution in [3.05, 3.63) is 0 Å². The molecule has 0 aliphatic heterocycles. The number of nitrogens with two attached hydrogens (primary N) is 1. The number of esters is 2. The van der Waals surface area contributed by atoms with Crippen molar-refractivity contribution in [3.8, 4) is 0 Å². The topological polar surface area (TPSA) is 134 Å². The van der Waals surface area contributed by atoms with Crippen LogP contribution in [0.2, 0.25) is 0 Å². The molecule has 0 aliphatic carbocycles. The van der Waals surface area contributed by atoms with Crippen LogP contribution in [0.25, 0.3) is 0 Å². The summed E-state index contributed by atoms with van der Waals surface area (Å²) in [6.07, 6.45) is 34.2. The highest BCUT2D eigenvalue weighted by Crippen LogP contribution is 2.43. The van der Waals surface area contributed by atoms with Crippen molar-refractivity contribution < 1.29 is 37.6 Å². The van der Waals surface area contributed by atoms with Gasteiger partial charge in [-0.3, -0.25) is 18.6 Å². The summed E-state index contributed by atoms with van der Waals surface area (Å²) in [5.74, 6) is -0.817. The number of ether oxygens (including phenoxy) is 2. The van der Waals surface area contributed by atoms with Crippen molar-refractivity contribution >= 4 is 19.8 Å². The third-order valence-corrected chi connectivity index (χ3v) is 9.98. The Kier molecular flexibility index (Phi) is 36.0. The van der Waals surface area contributed by atoms with Crippen LogP contribution in [0.3, 0.4) is 0 Å². The van der Waals surface area contributed by atoms with Gasteiger partial charge in [0.25, 0.3) is 0 Å². The number of phosphoric ester groups is 1. The first kappa shape index (κ1) is 48.0. The van der Waals surface area contributed by atoms with Gasteiger partial charge in [-0.15, -0.1) is 0 Å². The average Bonchev–Trinajstić information content (AvgIpc) is 3.08. The molecule has 2 unspecified atom stereocenters. The van der Waals surface area contributed by atoms with Gasteiger partial charge in [0, 0.05) is 19.4 Å². The molecule has 0 aromatic heterocycles. The lowest BCUT2D eigenvalue weighted by Gasteiger charge is -2.19. The lowest BCUT2D eigenvalue weighted by molar-refractivity contribution is -0.161. The van der Waals surface area contributed by atoms with Crippen LogP contribution >= 0.6 is 7.82 Å². The smallest absolute Gasteiger partial charge is 0.462 e. The monoisotopic (exact) mass is 720 g/mol. The van der Waals surface area contributed by atoms with Gasteiger partial charge in [0.2, 0.25) is 0 Å². The summed E-state index contributed by atoms with van der Waals surface area (Å²) in [4.78, 5) is 34.7. The summed E-state index contributed by atoms with van der Waals surface area (Å²) in [6.45, 7) is 3.74. The Balaban J connectivity index is 4.09. The minimum absolute atomic E-state index is 0.0578. The molecule has 0 bridgehead atoms. The molecule has 0 aliphatic rings. The molecule has 0 aromatic rings. The molecule has 2 atom stereocenters. The van der Waals surface area contributed by atoms with Crippen LogP contribution in [0.4, 0.5) is 0 Å². The summed E-state index contributed by atoms with van der Waals surface area (Å²) in [5.41, 5.74) is 5.33. The maximum Gasteiger partial charge on any atom is 0.472 e. The van der Waals surface area contributed by atoms with Gasteiger partial charge in [-0.05, 0) is 12.8 Å². The predicted molar refractivity (Wildman–Crippen MR) is 201 cm³/mol. The summed E-state index contributed by atoms with van der Waals surface area (Å²) < 4.78 is 32.7. The molecule has 0 saturated heterocycles. The first-order chi connectivity index (χ1) is 23.8. The second kappa shape index (κ2) is 36.8. The van der Waals surface area contributed by atoms with Crippen LogP contribution in [0, 0.1) is 0 Å². The standard InChI is InChI=1S/C39H78NO8P/c1-3-5-7-9-11-13-15-16-17-18-19-20-21-22-24-26-28-30-32-39(42)48-37(36-47-49(43,44)46-34-33-40)35-45-38(41)31-29-27-25-23-14-12-10-8-6-4-2/h37H,3-36,40H2,1-2H3,(H,43,44). The normalized spacial score (nSPS) is 13.3. The molecule has 0 fully saturated rings. The molecule has 0 radical (unpaired) electrons. The number of phosphoric acid groups is 1. The molecule has 10 heteroatoms. The fourth-order valence-corrected chi connectivity index (χ4v) is 6.69. The Morgan fingerprint density at radius 3 is 1.24 bits per heavy atom. The van der Waals surface area contributed by atoms with Crippen LogP contribution < -0.4 is 5.73 Å². The number of hydrogen-bond acceptors (Lipinski definition) is 8. The van der Waals surface area contributed by atoms with Crippen molar-refractivity contribution in [1.29, 1.82) is 0 Å². The van der Waals surface area contributed by atoms with Gasteiger partial charge in [0.15, 0.2) is 6.10 Å². The highest BCUT2D eigenvalue weighted by molar-refractivity contribution is 7.47. The van der Waals surface area contributed by atoms with E-state index >= 15 is 0 Å². The summed E-state index contributed by atoms with van der Waals surface area (Å²) in [7, 11) is -4.36. The van der Waals surface area contributed by atoms with Crippen molar-refractivity contribution in [3.63, 3.8) is 0 Å². The molecule has 3 N–H and O–H groups in total. The lowest BCUT2D eigenvalue weighted by Crippen LogP contribution is -2.29. The zero-order valence-corrected chi connectivity index (χ0v) is 32.8. The number of rotatable bonds is 39. The second-order valence-electron chi connectivity index (χ2n) is 13.9. The fraction of sp³-hybridized carbons (Fsp3) is 0.949. The quantitative estimate of drug-likeness (QED) is 0.0361. The highest BCUT2D eigenvalue weighted by Gasteiger charge is 2.26. The van der Waals surface area contributed by atoms with Crippen molar-refractivity contribution in [2.45, 2.75) is 213 Å². The van der Waals surface area contributed by atoms with Crippen LogP contribution in [-0.2, 0) is 32.7 Å². The van der Waals surface area contributed by atoms with E-state index in [1.165, 1.54) is 141 Å². The first-order valence-electron chi connectivity index (χ1n) is 20.5. The van der Waals surface area contributed by atoms with Crippen molar-refractivity contribution in [2.24, 2.45) is 5.73 Å². The molecule has 0 spiro atoms. The molecule has 0 heterocycles. The lowest BCUT2D eigenvalue weighted by atomic mass is 10.0. The molecule has 0 rings (SSSR count). The minimum Gasteiger partial charge on any atom is -0.462 e. The average molecular weight is 720 g/mol. The van der Waals surface area contributed by atoms with Gasteiger partial charge in [0.1, 0.15) is 6.61 Å². The maximum absolute atomic E-state index is 12.5.